The van der Waals surface area contributed by atoms with E-state index in [0.717, 1.165) is 34.9 Å². The molecule has 2 aliphatic heterocycles. The fourth-order valence-electron chi connectivity index (χ4n) is 5.42. The van der Waals surface area contributed by atoms with E-state index in [-0.39, 0.29) is 23.4 Å². The summed E-state index contributed by atoms with van der Waals surface area (Å²) < 4.78 is 7.73. The number of anilines is 1. The van der Waals surface area contributed by atoms with Crippen molar-refractivity contribution in [2.45, 2.75) is 39.5 Å². The molecule has 0 radical (unpaired) electrons. The van der Waals surface area contributed by atoms with Crippen LogP contribution in [0.1, 0.15) is 61.1 Å². The van der Waals surface area contributed by atoms with Crippen LogP contribution in [-0.2, 0) is 16.6 Å². The molecule has 1 unspecified atom stereocenters. The van der Waals surface area contributed by atoms with Gasteiger partial charge in [-0.1, -0.05) is 6.92 Å². The number of nitriles is 1. The molecule has 8 nitrogen and oxygen atoms in total. The maximum atomic E-state index is 13.4. The first-order valence-electron chi connectivity index (χ1n) is 12.9. The van der Waals surface area contributed by atoms with Gasteiger partial charge in [0.15, 0.2) is 0 Å². The molecule has 3 aromatic rings. The number of piperidine rings is 1. The second kappa shape index (κ2) is 10.2. The van der Waals surface area contributed by atoms with Crippen LogP contribution in [0.4, 0.5) is 5.69 Å². The molecule has 1 saturated heterocycles. The number of nitrogens with one attached hydrogen (secondary N) is 1. The Labute approximate surface area is 222 Å². The SMILES string of the molecule is CC1=COC(C)=C(C(=O)N2CCC(c3cn(C)c4ccc(NC(=O)c5cc(C#N)ccn5)cc34)CC2)C1C. The molecule has 194 valence electrons. The van der Waals surface area contributed by atoms with Crippen LogP contribution in [0.3, 0.4) is 0 Å². The second-order valence-electron chi connectivity index (χ2n) is 10.2. The Bertz CT molecular complexity index is 1530. The third-order valence-electron chi connectivity index (χ3n) is 7.77. The lowest BCUT2D eigenvalue weighted by Gasteiger charge is -2.34. The van der Waals surface area contributed by atoms with Gasteiger partial charge in [0.25, 0.3) is 11.8 Å². The molecule has 1 atom stereocenters. The van der Waals surface area contributed by atoms with Crippen molar-refractivity contribution >= 4 is 28.4 Å². The number of allylic oxidation sites excluding steroid dienone is 2. The Balaban J connectivity index is 1.32. The van der Waals surface area contributed by atoms with Gasteiger partial charge in [-0.15, -0.1) is 0 Å². The Morgan fingerprint density at radius 3 is 2.66 bits per heavy atom. The smallest absolute Gasteiger partial charge is 0.274 e. The molecule has 0 saturated carbocycles. The van der Waals surface area contributed by atoms with Crippen molar-refractivity contribution in [2.75, 3.05) is 18.4 Å². The maximum absolute atomic E-state index is 13.4. The van der Waals surface area contributed by atoms with Crippen LogP contribution in [0.15, 0.2) is 65.9 Å². The van der Waals surface area contributed by atoms with Crippen LogP contribution >= 0.6 is 0 Å². The number of aryl methyl sites for hydroxylation is 1. The van der Waals surface area contributed by atoms with Crippen molar-refractivity contribution in [3.63, 3.8) is 0 Å². The molecule has 1 fully saturated rings. The number of hydrogen-bond donors (Lipinski definition) is 1. The summed E-state index contributed by atoms with van der Waals surface area (Å²) in [6.07, 6.45) is 7.08. The van der Waals surface area contributed by atoms with E-state index in [9.17, 15) is 9.59 Å². The van der Waals surface area contributed by atoms with Gasteiger partial charge >= 0.3 is 0 Å². The van der Waals surface area contributed by atoms with Gasteiger partial charge in [0, 0.05) is 55.0 Å². The van der Waals surface area contributed by atoms with Gasteiger partial charge in [0.2, 0.25) is 0 Å². The largest absolute Gasteiger partial charge is 0.469 e. The van der Waals surface area contributed by atoms with Crippen LogP contribution in [0.5, 0.6) is 0 Å². The Kier molecular flexibility index (Phi) is 6.77. The summed E-state index contributed by atoms with van der Waals surface area (Å²) in [7, 11) is 2.02. The first-order chi connectivity index (χ1) is 18.3. The first-order valence-corrected chi connectivity index (χ1v) is 12.9. The van der Waals surface area contributed by atoms with Crippen LogP contribution < -0.4 is 5.32 Å². The molecular formula is C30H31N5O3. The minimum Gasteiger partial charge on any atom is -0.469 e. The average Bonchev–Trinajstić information content (AvgIpc) is 3.26. The van der Waals surface area contributed by atoms with E-state index in [1.54, 1.807) is 12.3 Å². The molecule has 1 N–H and O–H groups in total. The summed E-state index contributed by atoms with van der Waals surface area (Å²) in [4.78, 5) is 32.2. The molecular weight excluding hydrogens is 478 g/mol. The van der Waals surface area contributed by atoms with Crippen LogP contribution in [0, 0.1) is 17.2 Å². The van der Waals surface area contributed by atoms with Crippen molar-refractivity contribution < 1.29 is 14.3 Å². The molecule has 1 aromatic carbocycles. The minimum absolute atomic E-state index is 0.0539. The highest BCUT2D eigenvalue weighted by molar-refractivity contribution is 6.04. The number of carbonyl (C=O) groups is 2. The molecule has 8 heteroatoms. The van der Waals surface area contributed by atoms with E-state index < -0.39 is 0 Å². The zero-order valence-corrected chi connectivity index (χ0v) is 22.1. The number of amides is 2. The van der Waals surface area contributed by atoms with Gasteiger partial charge < -0.3 is 19.5 Å². The van der Waals surface area contributed by atoms with E-state index in [1.807, 2.05) is 50.1 Å². The highest BCUT2D eigenvalue weighted by atomic mass is 16.5. The van der Waals surface area contributed by atoms with Gasteiger partial charge in [-0.05, 0) is 74.1 Å². The third kappa shape index (κ3) is 4.68. The number of rotatable bonds is 4. The van der Waals surface area contributed by atoms with Crippen LogP contribution in [0.2, 0.25) is 0 Å². The number of pyridine rings is 1. The predicted molar refractivity (Wildman–Crippen MR) is 145 cm³/mol. The predicted octanol–water partition coefficient (Wildman–Crippen LogP) is 5.25. The zero-order valence-electron chi connectivity index (χ0n) is 22.1. The second-order valence-corrected chi connectivity index (χ2v) is 10.2. The molecule has 2 aromatic heterocycles. The normalized spacial score (nSPS) is 18.1. The molecule has 0 aliphatic carbocycles. The summed E-state index contributed by atoms with van der Waals surface area (Å²) in [5, 5.41) is 13.1. The van der Waals surface area contributed by atoms with Crippen LogP contribution in [-0.4, -0.2) is 39.4 Å². The molecule has 0 bridgehead atoms. The summed E-state index contributed by atoms with van der Waals surface area (Å²) in [5.41, 5.74) is 5.37. The van der Waals surface area contributed by atoms with E-state index >= 15 is 0 Å². The fraction of sp³-hybridized carbons (Fsp3) is 0.333. The van der Waals surface area contributed by atoms with E-state index in [4.69, 9.17) is 10.00 Å². The van der Waals surface area contributed by atoms with Gasteiger partial charge in [0.1, 0.15) is 11.5 Å². The quantitative estimate of drug-likeness (QED) is 0.518. The lowest BCUT2D eigenvalue weighted by molar-refractivity contribution is -0.128. The lowest BCUT2D eigenvalue weighted by Crippen LogP contribution is -2.40. The highest BCUT2D eigenvalue weighted by Crippen LogP contribution is 2.37. The maximum Gasteiger partial charge on any atom is 0.274 e. The van der Waals surface area contributed by atoms with E-state index in [0.29, 0.717) is 36.0 Å². The number of likely N-dealkylation sites (tertiary alicyclic amines) is 1. The molecule has 4 heterocycles. The third-order valence-corrected chi connectivity index (χ3v) is 7.77. The minimum atomic E-state index is -0.360. The number of aromatic nitrogens is 2. The van der Waals surface area contributed by atoms with Gasteiger partial charge in [0.05, 0.1) is 23.5 Å². The summed E-state index contributed by atoms with van der Waals surface area (Å²) in [5.74, 6) is 0.755. The lowest BCUT2D eigenvalue weighted by atomic mass is 9.87. The summed E-state index contributed by atoms with van der Waals surface area (Å²) >= 11 is 0. The topological polar surface area (TPSA) is 100 Å². The summed E-state index contributed by atoms with van der Waals surface area (Å²) in [6.45, 7) is 7.28. The fourth-order valence-corrected chi connectivity index (χ4v) is 5.42. The molecule has 38 heavy (non-hydrogen) atoms. The van der Waals surface area contributed by atoms with Crippen molar-refractivity contribution in [1.29, 1.82) is 5.26 Å². The van der Waals surface area contributed by atoms with Gasteiger partial charge in [-0.3, -0.25) is 14.6 Å². The Morgan fingerprint density at radius 1 is 1.16 bits per heavy atom. The Morgan fingerprint density at radius 2 is 1.92 bits per heavy atom. The molecule has 2 aliphatic rings. The number of fused-ring (bicyclic) bond motifs is 1. The van der Waals surface area contributed by atoms with Crippen molar-refractivity contribution in [1.82, 2.24) is 14.5 Å². The molecule has 0 spiro atoms. The first kappa shape index (κ1) is 25.3. The van der Waals surface area contributed by atoms with Gasteiger partial charge in [-0.25, -0.2) is 0 Å². The highest BCUT2D eigenvalue weighted by Gasteiger charge is 2.32. The number of nitrogens with zero attached hydrogens (tertiary/aromatic N) is 4. The van der Waals surface area contributed by atoms with Crippen molar-refractivity contribution in [3.05, 3.63) is 82.7 Å². The number of hydrogen-bond acceptors (Lipinski definition) is 5. The number of ether oxygens (including phenoxy) is 1. The average molecular weight is 510 g/mol. The monoisotopic (exact) mass is 509 g/mol. The molecule has 2 amide bonds. The number of carbonyl (C=O) groups excluding carboxylic acids is 2. The van der Waals surface area contributed by atoms with Crippen molar-refractivity contribution in [2.24, 2.45) is 13.0 Å². The van der Waals surface area contributed by atoms with E-state index in [1.165, 1.54) is 17.8 Å². The Hall–Kier alpha value is -4.38. The van der Waals surface area contributed by atoms with Gasteiger partial charge in [-0.2, -0.15) is 5.26 Å². The van der Waals surface area contributed by atoms with E-state index in [2.05, 4.69) is 28.0 Å². The zero-order chi connectivity index (χ0) is 27.0. The summed E-state index contributed by atoms with van der Waals surface area (Å²) in [6, 6.07) is 11.0. The van der Waals surface area contributed by atoms with Crippen molar-refractivity contribution in [3.8, 4) is 6.07 Å². The van der Waals surface area contributed by atoms with Crippen LogP contribution in [0.25, 0.3) is 10.9 Å². The standard InChI is InChI=1S/C30H31N5O3/c1-18-17-38-20(3)28(19(18)2)30(37)35-11-8-22(9-12-35)25-16-34(4)27-6-5-23(14-24(25)27)33-29(36)26-13-21(15-31)7-10-32-26/h5-7,10,13-14,16-17,19,22H,8-9,11-12H2,1-4H3,(H,33,36). The number of benzene rings is 1. The molecule has 5 rings (SSSR count).